The molecule has 78 valence electrons. The van der Waals surface area contributed by atoms with Crippen LogP contribution in [0.4, 0.5) is 0 Å². The van der Waals surface area contributed by atoms with Crippen LogP contribution in [0.5, 0.6) is 11.8 Å². The van der Waals surface area contributed by atoms with E-state index in [-0.39, 0.29) is 11.8 Å². The van der Waals surface area contributed by atoms with Gasteiger partial charge in [-0.1, -0.05) is 0 Å². The van der Waals surface area contributed by atoms with Crippen LogP contribution in [0.25, 0.3) is 0 Å². The topological polar surface area (TPSA) is 66.2 Å². The van der Waals surface area contributed by atoms with Crippen molar-refractivity contribution in [1.82, 2.24) is 9.97 Å². The average Bonchev–Trinajstić information content (AvgIpc) is 2.31. The van der Waals surface area contributed by atoms with E-state index in [1.54, 1.807) is 0 Å². The molecule has 0 saturated carbocycles. The second-order valence-electron chi connectivity index (χ2n) is 3.07. The summed E-state index contributed by atoms with van der Waals surface area (Å²) in [7, 11) is 0. The van der Waals surface area contributed by atoms with Crippen molar-refractivity contribution in [2.45, 2.75) is 3.67 Å². The number of benzene rings is 1. The Labute approximate surface area is 111 Å². The maximum absolute atomic E-state index is 8.50. The van der Waals surface area contributed by atoms with Gasteiger partial charge in [-0.25, -0.2) is 9.97 Å². The van der Waals surface area contributed by atoms with Crippen molar-refractivity contribution in [1.29, 1.82) is 0 Å². The Hall–Kier alpha value is -1.10. The van der Waals surface area contributed by atoms with E-state index in [0.717, 1.165) is 12.4 Å². The molecule has 0 atom stereocenters. The van der Waals surface area contributed by atoms with E-state index >= 15 is 0 Å². The Balaban J connectivity index is 0.000000160. The summed E-state index contributed by atoms with van der Waals surface area (Å²) in [5.74, 6) is -0.449. The number of nitrogens with zero attached hydrogens (tertiary/aromatic N) is 2. The van der Waals surface area contributed by atoms with Gasteiger partial charge < -0.3 is 10.2 Å². The summed E-state index contributed by atoms with van der Waals surface area (Å²) in [6.45, 7) is 0. The Morgan fingerprint density at radius 2 is 1.56 bits per heavy atom. The molecule has 4 nitrogen and oxygen atoms in total. The number of rotatable bonds is 1. The van der Waals surface area contributed by atoms with E-state index in [0.29, 0.717) is 0 Å². The fraction of sp³-hybridized carbons (Fsp3) is 0.0909. The Bertz CT molecular complexity index is 406. The van der Waals surface area contributed by atoms with Crippen molar-refractivity contribution in [2.75, 3.05) is 0 Å². The first kappa shape index (κ1) is 13.0. The summed E-state index contributed by atoms with van der Waals surface area (Å²) in [5.41, 5.74) is 1.47. The van der Waals surface area contributed by atoms with Gasteiger partial charge in [-0.15, -0.1) is 0 Å². The van der Waals surface area contributed by atoms with Gasteiger partial charge in [0.15, 0.2) is 0 Å². The standard InChI is InChI=1S/C7H7.C4H4N2O2.Na/c1-7-5-3-2-4-6-7;7-3-1-4(8)6-2-5-3;/h2-6H,1H2;1-2H,(H2,5,6,7,8);. The van der Waals surface area contributed by atoms with Crippen LogP contribution >= 0.6 is 0 Å². The van der Waals surface area contributed by atoms with Gasteiger partial charge in [0.05, 0.1) is 6.07 Å². The summed E-state index contributed by atoms with van der Waals surface area (Å²) in [4.78, 5) is 6.65. The molecule has 0 aliphatic rings. The van der Waals surface area contributed by atoms with Crippen molar-refractivity contribution in [2.24, 2.45) is 0 Å². The van der Waals surface area contributed by atoms with Crippen LogP contribution in [0.3, 0.4) is 0 Å². The molecule has 2 N–H and O–H groups in total. The number of hydrogen-bond donors (Lipinski definition) is 2. The normalized spacial score (nSPS) is 9.12. The van der Waals surface area contributed by atoms with Crippen molar-refractivity contribution >= 4 is 27.9 Å². The van der Waals surface area contributed by atoms with Crippen LogP contribution in [0.2, 0.25) is 0 Å². The minimum atomic E-state index is -0.225. The van der Waals surface area contributed by atoms with Crippen LogP contribution in [-0.4, -0.2) is 48.1 Å². The molecule has 0 spiro atoms. The van der Waals surface area contributed by atoms with Crippen LogP contribution < -0.4 is 0 Å². The van der Waals surface area contributed by atoms with Crippen LogP contribution in [0, 0.1) is 0 Å². The van der Waals surface area contributed by atoms with Gasteiger partial charge in [-0.05, 0) is 0 Å². The molecule has 5 heteroatoms. The third-order valence-electron chi connectivity index (χ3n) is 1.89. The summed E-state index contributed by atoms with van der Waals surface area (Å²) in [5, 5.41) is 17.0. The molecular weight excluding hydrogens is 215 g/mol. The van der Waals surface area contributed by atoms with Crippen molar-refractivity contribution in [3.63, 3.8) is 0 Å². The molecule has 1 aromatic carbocycles. The van der Waals surface area contributed by atoms with Crippen molar-refractivity contribution in [3.8, 4) is 11.8 Å². The van der Waals surface area contributed by atoms with E-state index in [1.165, 1.54) is 37.2 Å². The van der Waals surface area contributed by atoms with E-state index < -0.39 is 0 Å². The van der Waals surface area contributed by atoms with E-state index in [9.17, 15) is 0 Å². The zero-order valence-corrected chi connectivity index (χ0v) is 11.0. The van der Waals surface area contributed by atoms with Gasteiger partial charge in [0.25, 0.3) is 0 Å². The van der Waals surface area contributed by atoms with Crippen molar-refractivity contribution < 1.29 is 10.2 Å². The monoisotopic (exact) mass is 226 g/mol. The molecule has 1 aromatic heterocycles. The van der Waals surface area contributed by atoms with Crippen LogP contribution in [-0.2, 0) is 3.67 Å². The molecule has 0 bridgehead atoms. The molecule has 1 heterocycles. The summed E-state index contributed by atoms with van der Waals surface area (Å²) in [6, 6.07) is 11.6. The fourth-order valence-electron chi connectivity index (χ4n) is 1.05. The predicted octanol–water partition coefficient (Wildman–Crippen LogP) is 1.24. The summed E-state index contributed by atoms with van der Waals surface area (Å²) >= 11 is 1.28. The summed E-state index contributed by atoms with van der Waals surface area (Å²) < 4.78 is 1.28. The molecule has 2 rings (SSSR count). The van der Waals surface area contributed by atoms with E-state index in [4.69, 9.17) is 10.2 Å². The second-order valence-corrected chi connectivity index (χ2v) is 3.78. The van der Waals surface area contributed by atoms with E-state index in [1.807, 2.05) is 0 Å². The molecule has 0 aliphatic heterocycles. The zero-order valence-electron chi connectivity index (χ0n) is 9.04. The Morgan fingerprint density at radius 1 is 1.00 bits per heavy atom. The molecule has 0 saturated heterocycles. The first-order valence-corrected chi connectivity index (χ1v) is 6.37. The molecule has 0 aliphatic carbocycles. The SMILES string of the molecule is Oc1cc(O)ncn1.[Na][CH2]c1ccccc1. The Kier molecular flexibility index (Phi) is 5.85. The van der Waals surface area contributed by atoms with Gasteiger partial charge in [-0.3, -0.25) is 0 Å². The number of aromatic nitrogens is 2. The third-order valence-corrected chi connectivity index (χ3v) is 2.71. The van der Waals surface area contributed by atoms with Gasteiger partial charge in [0.1, 0.15) is 6.33 Å². The van der Waals surface area contributed by atoms with Crippen LogP contribution in [0.1, 0.15) is 5.56 Å². The first-order valence-electron chi connectivity index (χ1n) is 4.96. The van der Waals surface area contributed by atoms with Crippen LogP contribution in [0.15, 0.2) is 42.7 Å². The number of hydrogen-bond acceptors (Lipinski definition) is 4. The molecule has 2 aromatic rings. The predicted molar refractivity (Wildman–Crippen MR) is 61.3 cm³/mol. The molecule has 16 heavy (non-hydrogen) atoms. The first-order chi connectivity index (χ1) is 7.72. The van der Waals surface area contributed by atoms with Crippen molar-refractivity contribution in [3.05, 3.63) is 48.3 Å². The van der Waals surface area contributed by atoms with Gasteiger partial charge in [0, 0.05) is 0 Å². The second kappa shape index (κ2) is 7.22. The van der Waals surface area contributed by atoms with E-state index in [2.05, 4.69) is 40.3 Å². The van der Waals surface area contributed by atoms with Gasteiger partial charge in [0.2, 0.25) is 11.8 Å². The molecule has 0 radical (unpaired) electrons. The number of aromatic hydroxyl groups is 2. The average molecular weight is 226 g/mol. The quantitative estimate of drug-likeness (QED) is 0.718. The Morgan fingerprint density at radius 3 is 1.88 bits per heavy atom. The molecular formula is C11H11N2NaO2. The van der Waals surface area contributed by atoms with Gasteiger partial charge in [-0.2, -0.15) is 0 Å². The maximum atomic E-state index is 8.50. The molecule has 0 unspecified atom stereocenters. The zero-order chi connectivity index (χ0) is 11.8. The fourth-order valence-corrected chi connectivity index (χ4v) is 1.52. The molecule has 0 amide bonds. The molecule has 0 fully saturated rings. The third kappa shape index (κ3) is 5.11. The van der Waals surface area contributed by atoms with Gasteiger partial charge >= 0.3 is 67.5 Å². The minimum absolute atomic E-state index is 0.225. The summed E-state index contributed by atoms with van der Waals surface area (Å²) in [6.07, 6.45) is 1.07.